The minimum absolute atomic E-state index is 0.0352. The summed E-state index contributed by atoms with van der Waals surface area (Å²) < 4.78 is 52.8. The predicted molar refractivity (Wildman–Crippen MR) is 162 cm³/mol. The van der Waals surface area contributed by atoms with Crippen LogP contribution in [0, 0.1) is 17.3 Å². The average Bonchev–Trinajstić information content (AvgIpc) is 3.49. The van der Waals surface area contributed by atoms with Gasteiger partial charge in [0.25, 0.3) is 0 Å². The first-order valence-electron chi connectivity index (χ1n) is 15.7. The molecule has 0 radical (unpaired) electrons. The Hall–Kier alpha value is -3.34. The van der Waals surface area contributed by atoms with Gasteiger partial charge in [0, 0.05) is 48.2 Å². The molecule has 1 saturated carbocycles. The third kappa shape index (κ3) is 6.50. The van der Waals surface area contributed by atoms with E-state index >= 15 is 0 Å². The number of hydrogen-bond donors (Lipinski definition) is 2. The average molecular weight is 632 g/mol. The van der Waals surface area contributed by atoms with E-state index in [1.807, 2.05) is 52.8 Å². The zero-order valence-electron chi connectivity index (χ0n) is 26.8. The maximum atomic E-state index is 14.5. The van der Waals surface area contributed by atoms with Gasteiger partial charge in [-0.1, -0.05) is 58.2 Å². The van der Waals surface area contributed by atoms with E-state index in [0.717, 1.165) is 37.1 Å². The third-order valence-electron chi connectivity index (χ3n) is 9.54. The van der Waals surface area contributed by atoms with E-state index in [1.165, 1.54) is 7.11 Å². The van der Waals surface area contributed by atoms with Crippen molar-refractivity contribution in [3.8, 4) is 11.6 Å². The number of likely N-dealkylation sites (tertiary alicyclic amines) is 1. The molecule has 1 aliphatic carbocycles. The Labute approximate surface area is 262 Å². The monoisotopic (exact) mass is 631 g/mol. The van der Waals surface area contributed by atoms with E-state index in [0.29, 0.717) is 30.6 Å². The number of carbonyl (C=O) groups is 2. The summed E-state index contributed by atoms with van der Waals surface area (Å²) in [4.78, 5) is 33.2. The summed E-state index contributed by atoms with van der Waals surface area (Å²) in [5.74, 6) is -1.54. The molecular weight excluding hydrogens is 587 g/mol. The number of ether oxygens (including phenoxy) is 2. The second-order valence-corrected chi connectivity index (χ2v) is 14.4. The van der Waals surface area contributed by atoms with Crippen molar-refractivity contribution in [2.75, 3.05) is 7.11 Å². The van der Waals surface area contributed by atoms with Crippen LogP contribution in [0.3, 0.4) is 0 Å². The van der Waals surface area contributed by atoms with Gasteiger partial charge in [-0.3, -0.25) is 4.79 Å². The molecule has 0 spiro atoms. The normalized spacial score (nSPS) is 25.1. The molecule has 11 heteroatoms. The fraction of sp³-hybridized carbons (Fsp3) is 0.618. The van der Waals surface area contributed by atoms with Gasteiger partial charge in [-0.2, -0.15) is 13.2 Å². The van der Waals surface area contributed by atoms with Gasteiger partial charge in [0.15, 0.2) is 0 Å². The standard InChI is InChI=1S/C34H44F3N3O5/c1-32(2,3)24-25(38-17-21-15-22(34(35,36)37)18-39-29(21)44-6)26(23-14-10-13-20-16-33(4,5)45-28(20)23)40(27(24)31(42)43)30(41)19-11-8-7-9-12-19/h10,13-15,18-19,24-27,38H,7-9,11-12,16-17H2,1-6H3,(H,42,43)/t24-,25-,26-,27-/m0/s1. The number of hydrogen-bond acceptors (Lipinski definition) is 6. The van der Waals surface area contributed by atoms with Crippen LogP contribution < -0.4 is 14.8 Å². The van der Waals surface area contributed by atoms with Crippen molar-refractivity contribution in [2.24, 2.45) is 17.3 Å². The number of pyridine rings is 1. The number of para-hydroxylation sites is 1. The number of fused-ring (bicyclic) bond motifs is 1. The molecule has 2 aromatic rings. The lowest BCUT2D eigenvalue weighted by Gasteiger charge is -2.36. The molecule has 5 rings (SSSR count). The summed E-state index contributed by atoms with van der Waals surface area (Å²) in [6.45, 7) is 9.70. The van der Waals surface area contributed by atoms with Crippen LogP contribution in [-0.2, 0) is 28.7 Å². The summed E-state index contributed by atoms with van der Waals surface area (Å²) in [6.07, 6.45) is 0.990. The van der Waals surface area contributed by atoms with Crippen molar-refractivity contribution in [2.45, 2.75) is 110 Å². The lowest BCUT2D eigenvalue weighted by molar-refractivity contribution is -0.154. The van der Waals surface area contributed by atoms with Crippen molar-refractivity contribution >= 4 is 11.9 Å². The second kappa shape index (κ2) is 12.1. The van der Waals surface area contributed by atoms with Gasteiger partial charge in [-0.15, -0.1) is 0 Å². The maximum absolute atomic E-state index is 14.5. The van der Waals surface area contributed by atoms with Crippen LogP contribution in [0.2, 0.25) is 0 Å². The maximum Gasteiger partial charge on any atom is 0.417 e. The first-order valence-corrected chi connectivity index (χ1v) is 15.7. The Bertz CT molecular complexity index is 1430. The molecule has 3 aliphatic rings. The van der Waals surface area contributed by atoms with Crippen LogP contribution >= 0.6 is 0 Å². The Kier molecular flexibility index (Phi) is 8.89. The topological polar surface area (TPSA) is 101 Å². The van der Waals surface area contributed by atoms with Gasteiger partial charge >= 0.3 is 12.1 Å². The van der Waals surface area contributed by atoms with Gasteiger partial charge in [-0.25, -0.2) is 9.78 Å². The minimum Gasteiger partial charge on any atom is -0.487 e. The van der Waals surface area contributed by atoms with Crippen molar-refractivity contribution in [3.05, 3.63) is 52.7 Å². The summed E-state index contributed by atoms with van der Waals surface area (Å²) in [5.41, 5.74) is -0.175. The number of carbonyl (C=O) groups excluding carboxylic acids is 1. The number of halogens is 3. The first kappa shape index (κ1) is 33.0. The molecular formula is C34H44F3N3O5. The molecule has 1 aromatic carbocycles. The first-order chi connectivity index (χ1) is 21.0. The number of nitrogens with zero attached hydrogens (tertiary/aromatic N) is 2. The number of alkyl halides is 3. The van der Waals surface area contributed by atoms with Crippen molar-refractivity contribution in [1.82, 2.24) is 15.2 Å². The van der Waals surface area contributed by atoms with Gasteiger partial charge in [0.2, 0.25) is 11.8 Å². The fourth-order valence-electron chi connectivity index (χ4n) is 7.68. The third-order valence-corrected chi connectivity index (χ3v) is 9.54. The van der Waals surface area contributed by atoms with Gasteiger partial charge in [0.1, 0.15) is 17.4 Å². The summed E-state index contributed by atoms with van der Waals surface area (Å²) in [5, 5.41) is 14.3. The molecule has 0 unspecified atom stereocenters. The molecule has 4 atom stereocenters. The molecule has 2 N–H and O–H groups in total. The van der Waals surface area contributed by atoms with Crippen LogP contribution in [0.1, 0.15) is 95.0 Å². The molecule has 45 heavy (non-hydrogen) atoms. The summed E-state index contributed by atoms with van der Waals surface area (Å²) >= 11 is 0. The van der Waals surface area contributed by atoms with Crippen LogP contribution in [0.5, 0.6) is 11.6 Å². The number of aromatic nitrogens is 1. The lowest BCUT2D eigenvalue weighted by Crippen LogP contribution is -2.49. The van der Waals surface area contributed by atoms with E-state index in [4.69, 9.17) is 9.47 Å². The van der Waals surface area contributed by atoms with Crippen LogP contribution in [0.4, 0.5) is 13.2 Å². The molecule has 3 heterocycles. The fourth-order valence-corrected chi connectivity index (χ4v) is 7.68. The van der Waals surface area contributed by atoms with Gasteiger partial charge < -0.3 is 24.8 Å². The molecule has 1 amide bonds. The van der Waals surface area contributed by atoms with E-state index < -0.39 is 52.8 Å². The van der Waals surface area contributed by atoms with Gasteiger partial charge in [-0.05, 0) is 43.7 Å². The highest BCUT2D eigenvalue weighted by molar-refractivity contribution is 5.87. The zero-order valence-corrected chi connectivity index (χ0v) is 26.8. The number of nitrogens with one attached hydrogen (secondary N) is 1. The van der Waals surface area contributed by atoms with Crippen LogP contribution in [-0.4, -0.2) is 51.7 Å². The Morgan fingerprint density at radius 3 is 2.44 bits per heavy atom. The van der Waals surface area contributed by atoms with Crippen molar-refractivity contribution in [3.63, 3.8) is 0 Å². The zero-order chi connectivity index (χ0) is 32.9. The minimum atomic E-state index is -4.61. The second-order valence-electron chi connectivity index (χ2n) is 14.4. The Morgan fingerprint density at radius 1 is 1.16 bits per heavy atom. The number of methoxy groups -OCH3 is 1. The van der Waals surface area contributed by atoms with Crippen molar-refractivity contribution in [1.29, 1.82) is 0 Å². The molecule has 246 valence electrons. The van der Waals surface area contributed by atoms with Crippen LogP contribution in [0.25, 0.3) is 0 Å². The number of carboxylic acid groups (broad SMARTS) is 1. The molecule has 2 fully saturated rings. The number of benzene rings is 1. The SMILES string of the molecule is COc1ncc(C(F)(F)F)cc1CN[C@H]1[C@H](C(C)(C)C)[C@@H](C(=O)O)N(C(=O)C2CCCCC2)[C@H]1c1cccc2c1OC(C)(C)C2. The highest BCUT2D eigenvalue weighted by Gasteiger charge is 2.59. The van der Waals surface area contributed by atoms with Crippen LogP contribution in [0.15, 0.2) is 30.5 Å². The molecule has 1 saturated heterocycles. The number of carboxylic acids is 1. The molecule has 1 aromatic heterocycles. The van der Waals surface area contributed by atoms with Gasteiger partial charge in [0.05, 0.1) is 18.7 Å². The van der Waals surface area contributed by atoms with E-state index in [9.17, 15) is 27.9 Å². The highest BCUT2D eigenvalue weighted by Crippen LogP contribution is 2.53. The summed E-state index contributed by atoms with van der Waals surface area (Å²) in [6, 6.07) is 4.19. The number of rotatable bonds is 7. The van der Waals surface area contributed by atoms with E-state index in [1.54, 1.807) is 4.90 Å². The van der Waals surface area contributed by atoms with E-state index in [2.05, 4.69) is 10.3 Å². The smallest absolute Gasteiger partial charge is 0.417 e. The molecule has 0 bridgehead atoms. The highest BCUT2D eigenvalue weighted by atomic mass is 19.4. The van der Waals surface area contributed by atoms with E-state index in [-0.39, 0.29) is 29.8 Å². The summed E-state index contributed by atoms with van der Waals surface area (Å²) in [7, 11) is 1.34. The molecule has 8 nitrogen and oxygen atoms in total. The number of amides is 1. The quantitative estimate of drug-likeness (QED) is 0.357. The Balaban J connectivity index is 1.66. The Morgan fingerprint density at radius 2 is 1.84 bits per heavy atom. The predicted octanol–water partition coefficient (Wildman–Crippen LogP) is 6.56. The van der Waals surface area contributed by atoms with Crippen molar-refractivity contribution < 1.29 is 37.3 Å². The lowest BCUT2D eigenvalue weighted by atomic mass is 9.72. The largest absolute Gasteiger partial charge is 0.487 e. The molecule has 2 aliphatic heterocycles. The number of aliphatic carboxylic acids is 1.